The molecule has 0 aromatic carbocycles. The predicted molar refractivity (Wildman–Crippen MR) is 16.8 cm³/mol. The molecule has 7 heavy (non-hydrogen) atoms. The van der Waals surface area contributed by atoms with Crippen LogP contribution in [0.1, 0.15) is 0 Å². The maximum absolute atomic E-state index is 10.2. The Hall–Kier alpha value is -0.220. The van der Waals surface area contributed by atoms with Crippen LogP contribution in [0.3, 0.4) is 0 Å². The van der Waals surface area contributed by atoms with Gasteiger partial charge in [0.05, 0.1) is 0 Å². The Morgan fingerprint density at radius 1 is 1.86 bits per heavy atom. The molecule has 0 aliphatic heterocycles. The van der Waals surface area contributed by atoms with Gasteiger partial charge in [0.25, 0.3) is 16.5 Å². The van der Waals surface area contributed by atoms with Crippen molar-refractivity contribution < 1.29 is 24.6 Å². The van der Waals surface area contributed by atoms with E-state index < -0.39 is 13.7 Å². The molecule has 42 valence electrons. The summed E-state index contributed by atoms with van der Waals surface area (Å²) in [5.41, 5.74) is -2.20. The highest BCUT2D eigenvalue weighted by Gasteiger charge is 2.19. The lowest BCUT2D eigenvalue weighted by Gasteiger charge is -2.12. The Labute approximate surface area is 42.4 Å². The van der Waals surface area contributed by atoms with Crippen molar-refractivity contribution in [3.8, 4) is 0 Å². The summed E-state index contributed by atoms with van der Waals surface area (Å²) in [5.74, 6) is 0. The van der Waals surface area contributed by atoms with Gasteiger partial charge >= 0.3 is 0 Å². The molecule has 0 aromatic heterocycles. The lowest BCUT2D eigenvalue weighted by molar-refractivity contribution is -0.261. The van der Waals surface area contributed by atoms with Crippen molar-refractivity contribution in [2.45, 2.75) is 0 Å². The van der Waals surface area contributed by atoms with Gasteiger partial charge in [-0.2, -0.15) is 0 Å². The molecule has 0 fully saturated rings. The molecule has 0 amide bonds. The van der Waals surface area contributed by atoms with Crippen LogP contribution in [0.5, 0.6) is 0 Å². The van der Waals surface area contributed by atoms with Crippen LogP contribution in [-0.2, 0) is 0 Å². The number of hydrogen-bond acceptors (Lipinski definition) is 5. The highest BCUT2D eigenvalue weighted by atomic mass is 31.2. The average molecular weight is 127 g/mol. The molecule has 0 spiro atoms. The second kappa shape index (κ2) is 1.71. The maximum atomic E-state index is 10.2. The van der Waals surface area contributed by atoms with Crippen molar-refractivity contribution in [1.29, 1.82) is 2.86 Å². The van der Waals surface area contributed by atoms with Crippen LogP contribution in [0.2, 0.25) is 0 Å². The zero-order valence-electron chi connectivity index (χ0n) is 4.99. The summed E-state index contributed by atoms with van der Waals surface area (Å²) >= 11 is 0. The summed E-state index contributed by atoms with van der Waals surface area (Å²) in [6.07, 6.45) is 0. The second-order valence-electron chi connectivity index (χ2n) is 0.763. The van der Waals surface area contributed by atoms with E-state index in [0.717, 1.165) is 0 Å². The molecule has 5 nitrogen and oxygen atoms in total. The standard InChI is InChI=1S/CH3O5P/c2-1(3)7(4,5)6/h(H,2,3)(H2,4,5,6)/p-1/i/hD2. The van der Waals surface area contributed by atoms with Crippen LogP contribution < -0.4 is 10.00 Å². The molecule has 0 aliphatic carbocycles. The van der Waals surface area contributed by atoms with Crippen LogP contribution in [0.15, 0.2) is 0 Å². The first-order valence-electron chi connectivity index (χ1n) is 2.00. The molecule has 0 saturated carbocycles. The number of carbonyl (C=O) groups excluding carboxylic acids is 1. The minimum Gasteiger partial charge on any atom is -0.627 e. The lowest BCUT2D eigenvalue weighted by atomic mass is 11.6. The van der Waals surface area contributed by atoms with E-state index in [9.17, 15) is 14.8 Å². The van der Waals surface area contributed by atoms with Crippen molar-refractivity contribution in [3.63, 3.8) is 0 Å². The summed E-state index contributed by atoms with van der Waals surface area (Å²) < 4.78 is 11.7. The van der Waals surface area contributed by atoms with Gasteiger partial charge in [-0.15, -0.1) is 0 Å². The molecule has 0 unspecified atom stereocenters. The van der Waals surface area contributed by atoms with Gasteiger partial charge in [-0.3, -0.25) is 0 Å². The monoisotopic (exact) mass is 127 g/mol. The molecule has 0 saturated heterocycles. The zero-order valence-corrected chi connectivity index (χ0v) is 3.88. The Bertz CT molecular complexity index is 112. The van der Waals surface area contributed by atoms with Gasteiger partial charge in [-0.1, -0.05) is 0 Å². The largest absolute Gasteiger partial charge is 0.627 e. The third kappa shape index (κ3) is 2.47. The summed E-state index contributed by atoms with van der Waals surface area (Å²) in [4.78, 5) is 26.0. The van der Waals surface area contributed by atoms with E-state index in [1.54, 1.807) is 0 Å². The van der Waals surface area contributed by atoms with E-state index in [0.29, 0.717) is 0 Å². The molecule has 6 heteroatoms. The van der Waals surface area contributed by atoms with Crippen molar-refractivity contribution in [1.82, 2.24) is 0 Å². The van der Waals surface area contributed by atoms with Gasteiger partial charge in [0, 0.05) is 0 Å². The molecule has 2 N–H and O–H groups in total. The fourth-order valence-corrected chi connectivity index (χ4v) is 0. The van der Waals surface area contributed by atoms with Crippen LogP contribution in [-0.4, -0.2) is 18.4 Å². The molecule has 0 heterocycles. The number of carbonyl (C=O) groups is 1. The molecule has 0 radical (unpaired) electrons. The van der Waals surface area contributed by atoms with Gasteiger partial charge in [-0.05, 0) is 0 Å². The third-order valence-electron chi connectivity index (χ3n) is 0.224. The first-order chi connectivity index (χ1) is 4.06. The van der Waals surface area contributed by atoms with Crippen molar-refractivity contribution in [2.75, 3.05) is 0 Å². The van der Waals surface area contributed by atoms with Crippen molar-refractivity contribution in [3.05, 3.63) is 0 Å². The molecule has 0 aliphatic rings. The molecule has 0 aromatic rings. The summed E-state index contributed by atoms with van der Waals surface area (Å²) in [5, 5.41) is 9.62. The first-order valence-corrected chi connectivity index (χ1v) is 2.72. The fraction of sp³-hybridized carbons (Fsp3) is 0. The molecular weight excluding hydrogens is 123 g/mol. The molecule has 0 atom stereocenters. The van der Waals surface area contributed by atoms with Crippen LogP contribution in [0, 0.1) is 0 Å². The topological polar surface area (TPSA) is 104 Å². The number of rotatable bonds is 3. The van der Waals surface area contributed by atoms with E-state index in [1.807, 2.05) is 0 Å². The minimum atomic E-state index is -4.61. The minimum absolute atomic E-state index is 2.20. The zero-order chi connectivity index (χ0) is 7.49. The molecule has 0 bridgehead atoms. The van der Waals surface area contributed by atoms with Crippen LogP contribution >= 0.6 is 7.94 Å². The van der Waals surface area contributed by atoms with Gasteiger partial charge in [0.2, 0.25) is 0 Å². The molecule has 0 rings (SSSR count). The number of hydrogen-bond donors (Lipinski definition) is 2. The van der Waals surface area contributed by atoms with E-state index in [2.05, 4.69) is 9.79 Å². The summed E-state index contributed by atoms with van der Waals surface area (Å²) in [6.45, 7) is 0. The van der Waals surface area contributed by atoms with Gasteiger partial charge in [0.1, 0.15) is 0 Å². The second-order valence-corrected chi connectivity index (χ2v) is 2.12. The summed E-state index contributed by atoms with van der Waals surface area (Å²) in [7, 11) is -4.61. The molecular formula is CH2O5P-. The Morgan fingerprint density at radius 2 is 2.29 bits per heavy atom. The quantitative estimate of drug-likeness (QED) is 0.405. The maximum Gasteiger partial charge on any atom is 0.281 e. The predicted octanol–water partition coefficient (Wildman–Crippen LogP) is -2.56. The number of carboxylic acid groups (broad SMARTS) is 1. The van der Waals surface area contributed by atoms with Gasteiger partial charge < -0.3 is 14.8 Å². The van der Waals surface area contributed by atoms with E-state index in [4.69, 9.17) is 2.86 Å². The first kappa shape index (κ1) is 3.74. The van der Waals surface area contributed by atoms with Gasteiger partial charge in [-0.25, -0.2) is 9.79 Å². The van der Waals surface area contributed by atoms with Crippen LogP contribution in [0.4, 0.5) is 4.79 Å². The van der Waals surface area contributed by atoms with Crippen LogP contribution in [0.25, 0.3) is 0 Å². The average Bonchev–Trinajstić information content (AvgIpc) is 1.86. The third-order valence-corrected chi connectivity index (χ3v) is 0.671. The Morgan fingerprint density at radius 3 is 2.29 bits per heavy atom. The Balaban J connectivity index is 4.09. The van der Waals surface area contributed by atoms with Gasteiger partial charge in [0.15, 0.2) is 0 Å². The van der Waals surface area contributed by atoms with E-state index >= 15 is 0 Å². The highest BCUT2D eigenvalue weighted by Crippen LogP contribution is 2.37. The van der Waals surface area contributed by atoms with E-state index in [-0.39, 0.29) is 0 Å². The Kier molecular flexibility index (Phi) is 0.916. The fourth-order valence-electron chi connectivity index (χ4n) is 0. The lowest BCUT2D eigenvalue weighted by Crippen LogP contribution is -2.29. The van der Waals surface area contributed by atoms with Crippen molar-refractivity contribution in [2.24, 2.45) is 0 Å². The SMILES string of the molecule is [2H]O[P+]([O-])(O[2H])C(=O)[O-]. The highest BCUT2D eigenvalue weighted by molar-refractivity contribution is 7.73. The normalized spacial score (nSPS) is 15.0. The smallest absolute Gasteiger partial charge is 0.281 e. The van der Waals surface area contributed by atoms with E-state index in [1.165, 1.54) is 0 Å². The van der Waals surface area contributed by atoms with Crippen molar-refractivity contribution >= 4 is 13.7 Å². The summed E-state index contributed by atoms with van der Waals surface area (Å²) in [6, 6.07) is 0.